The SMILES string of the molecule is C=CCN(CC)CCC1(N)CCC1. The normalized spacial score (nSPS) is 19.9. The lowest BCUT2D eigenvalue weighted by molar-refractivity contribution is 0.192. The zero-order valence-corrected chi connectivity index (χ0v) is 8.76. The van der Waals surface area contributed by atoms with Gasteiger partial charge in [-0.25, -0.2) is 0 Å². The van der Waals surface area contributed by atoms with Crippen LogP contribution in [0.25, 0.3) is 0 Å². The van der Waals surface area contributed by atoms with E-state index in [1.54, 1.807) is 0 Å². The molecular weight excluding hydrogens is 160 g/mol. The molecule has 2 N–H and O–H groups in total. The van der Waals surface area contributed by atoms with Crippen molar-refractivity contribution < 1.29 is 0 Å². The molecule has 1 fully saturated rings. The molecule has 0 bridgehead atoms. The molecule has 0 saturated heterocycles. The molecule has 2 heteroatoms. The minimum Gasteiger partial charge on any atom is -0.325 e. The summed E-state index contributed by atoms with van der Waals surface area (Å²) >= 11 is 0. The van der Waals surface area contributed by atoms with Crippen molar-refractivity contribution in [2.75, 3.05) is 19.6 Å². The molecule has 0 aromatic heterocycles. The molecule has 0 radical (unpaired) electrons. The van der Waals surface area contributed by atoms with Crippen molar-refractivity contribution in [2.24, 2.45) is 5.73 Å². The second-order valence-corrected chi connectivity index (χ2v) is 4.15. The molecule has 1 aliphatic carbocycles. The average molecular weight is 182 g/mol. The minimum atomic E-state index is 0.175. The Kier molecular flexibility index (Phi) is 3.94. The third-order valence-corrected chi connectivity index (χ3v) is 3.11. The summed E-state index contributed by atoms with van der Waals surface area (Å²) in [6.07, 6.45) is 6.88. The molecule has 0 aromatic carbocycles. The van der Waals surface area contributed by atoms with Crippen LogP contribution in [0.5, 0.6) is 0 Å². The molecule has 0 atom stereocenters. The summed E-state index contributed by atoms with van der Waals surface area (Å²) in [4.78, 5) is 2.39. The van der Waals surface area contributed by atoms with E-state index in [0.29, 0.717) is 0 Å². The maximum atomic E-state index is 6.15. The fourth-order valence-electron chi connectivity index (χ4n) is 1.82. The van der Waals surface area contributed by atoms with Crippen LogP contribution in [0.15, 0.2) is 12.7 Å². The van der Waals surface area contributed by atoms with Crippen molar-refractivity contribution in [3.8, 4) is 0 Å². The van der Waals surface area contributed by atoms with Crippen LogP contribution in [0.1, 0.15) is 32.6 Å². The van der Waals surface area contributed by atoms with E-state index in [0.717, 1.165) is 26.1 Å². The van der Waals surface area contributed by atoms with Crippen LogP contribution in [-0.4, -0.2) is 30.1 Å². The van der Waals surface area contributed by atoms with Gasteiger partial charge in [-0.05, 0) is 32.2 Å². The lowest BCUT2D eigenvalue weighted by Gasteiger charge is -2.39. The van der Waals surface area contributed by atoms with Gasteiger partial charge in [0.15, 0.2) is 0 Å². The van der Waals surface area contributed by atoms with E-state index < -0.39 is 0 Å². The Morgan fingerprint density at radius 3 is 2.62 bits per heavy atom. The predicted molar refractivity (Wildman–Crippen MR) is 57.7 cm³/mol. The van der Waals surface area contributed by atoms with Crippen molar-refractivity contribution >= 4 is 0 Å². The number of nitrogens with two attached hydrogens (primary N) is 1. The molecule has 76 valence electrons. The Hall–Kier alpha value is -0.340. The van der Waals surface area contributed by atoms with Crippen molar-refractivity contribution in [3.63, 3.8) is 0 Å². The zero-order valence-electron chi connectivity index (χ0n) is 8.76. The molecule has 13 heavy (non-hydrogen) atoms. The van der Waals surface area contributed by atoms with Gasteiger partial charge in [-0.2, -0.15) is 0 Å². The lowest BCUT2D eigenvalue weighted by Crippen LogP contribution is -2.48. The van der Waals surface area contributed by atoms with Crippen LogP contribution in [0, 0.1) is 0 Å². The van der Waals surface area contributed by atoms with Gasteiger partial charge in [-0.15, -0.1) is 6.58 Å². The summed E-state index contributed by atoms with van der Waals surface area (Å²) in [5.74, 6) is 0. The summed E-state index contributed by atoms with van der Waals surface area (Å²) in [6.45, 7) is 9.16. The van der Waals surface area contributed by atoms with Gasteiger partial charge >= 0.3 is 0 Å². The smallest absolute Gasteiger partial charge is 0.0166 e. The zero-order chi connectivity index (χ0) is 9.73. The van der Waals surface area contributed by atoms with E-state index in [4.69, 9.17) is 5.73 Å². The van der Waals surface area contributed by atoms with Crippen molar-refractivity contribution in [1.29, 1.82) is 0 Å². The van der Waals surface area contributed by atoms with Gasteiger partial charge in [0.2, 0.25) is 0 Å². The highest BCUT2D eigenvalue weighted by Crippen LogP contribution is 2.32. The molecule has 0 aromatic rings. The molecule has 1 aliphatic rings. The number of likely N-dealkylation sites (N-methyl/N-ethyl adjacent to an activating group) is 1. The van der Waals surface area contributed by atoms with E-state index >= 15 is 0 Å². The quantitative estimate of drug-likeness (QED) is 0.634. The monoisotopic (exact) mass is 182 g/mol. The van der Waals surface area contributed by atoms with E-state index in [2.05, 4.69) is 18.4 Å². The predicted octanol–water partition coefficient (Wildman–Crippen LogP) is 1.77. The molecule has 0 aliphatic heterocycles. The van der Waals surface area contributed by atoms with Gasteiger partial charge in [0.05, 0.1) is 0 Å². The van der Waals surface area contributed by atoms with Crippen LogP contribution in [-0.2, 0) is 0 Å². The molecule has 2 nitrogen and oxygen atoms in total. The maximum Gasteiger partial charge on any atom is 0.0166 e. The van der Waals surface area contributed by atoms with Crippen LogP contribution in [0.2, 0.25) is 0 Å². The standard InChI is InChI=1S/C11H22N2/c1-3-9-13(4-2)10-8-11(12)6-5-7-11/h3H,1,4-10,12H2,2H3. The van der Waals surface area contributed by atoms with Crippen LogP contribution in [0.4, 0.5) is 0 Å². The summed E-state index contributed by atoms with van der Waals surface area (Å²) in [5.41, 5.74) is 6.32. The first-order valence-electron chi connectivity index (χ1n) is 5.32. The Labute approximate surface area is 81.8 Å². The molecule has 1 saturated carbocycles. The molecular formula is C11H22N2. The van der Waals surface area contributed by atoms with Crippen molar-refractivity contribution in [2.45, 2.75) is 38.1 Å². The Morgan fingerprint density at radius 1 is 1.54 bits per heavy atom. The molecule has 0 spiro atoms. The summed E-state index contributed by atoms with van der Waals surface area (Å²) in [6, 6.07) is 0. The number of nitrogens with zero attached hydrogens (tertiary/aromatic N) is 1. The van der Waals surface area contributed by atoms with Crippen molar-refractivity contribution in [3.05, 3.63) is 12.7 Å². The Balaban J connectivity index is 2.18. The van der Waals surface area contributed by atoms with Crippen LogP contribution in [0.3, 0.4) is 0 Å². The molecule has 0 amide bonds. The number of hydrogen-bond acceptors (Lipinski definition) is 2. The lowest BCUT2D eigenvalue weighted by atomic mass is 9.75. The van der Waals surface area contributed by atoms with Crippen LogP contribution >= 0.6 is 0 Å². The maximum absolute atomic E-state index is 6.15. The molecule has 1 rings (SSSR count). The largest absolute Gasteiger partial charge is 0.325 e. The van der Waals surface area contributed by atoms with Gasteiger partial charge in [0.1, 0.15) is 0 Å². The van der Waals surface area contributed by atoms with E-state index in [1.807, 2.05) is 6.08 Å². The Morgan fingerprint density at radius 2 is 2.23 bits per heavy atom. The van der Waals surface area contributed by atoms with E-state index in [-0.39, 0.29) is 5.54 Å². The van der Waals surface area contributed by atoms with Gasteiger partial charge in [0, 0.05) is 18.6 Å². The molecule has 0 heterocycles. The fourth-order valence-corrected chi connectivity index (χ4v) is 1.82. The Bertz CT molecular complexity index is 161. The van der Waals surface area contributed by atoms with Crippen molar-refractivity contribution in [1.82, 2.24) is 4.90 Å². The van der Waals surface area contributed by atoms with E-state index in [1.165, 1.54) is 19.3 Å². The second kappa shape index (κ2) is 4.77. The first-order valence-corrected chi connectivity index (χ1v) is 5.32. The second-order valence-electron chi connectivity index (χ2n) is 4.15. The average Bonchev–Trinajstić information content (AvgIpc) is 2.09. The molecule has 0 unspecified atom stereocenters. The number of hydrogen-bond donors (Lipinski definition) is 1. The highest BCUT2D eigenvalue weighted by Gasteiger charge is 2.31. The third kappa shape index (κ3) is 3.12. The third-order valence-electron chi connectivity index (χ3n) is 3.11. The highest BCUT2D eigenvalue weighted by atomic mass is 15.1. The highest BCUT2D eigenvalue weighted by molar-refractivity contribution is 4.93. The van der Waals surface area contributed by atoms with Gasteiger partial charge < -0.3 is 5.73 Å². The van der Waals surface area contributed by atoms with Gasteiger partial charge in [0.25, 0.3) is 0 Å². The summed E-state index contributed by atoms with van der Waals surface area (Å²) < 4.78 is 0. The first-order chi connectivity index (χ1) is 6.20. The van der Waals surface area contributed by atoms with Crippen LogP contribution < -0.4 is 5.73 Å². The fraction of sp³-hybridized carbons (Fsp3) is 0.818. The van der Waals surface area contributed by atoms with Gasteiger partial charge in [-0.3, -0.25) is 4.90 Å². The van der Waals surface area contributed by atoms with E-state index in [9.17, 15) is 0 Å². The first kappa shape index (κ1) is 10.7. The van der Waals surface area contributed by atoms with Gasteiger partial charge in [-0.1, -0.05) is 13.0 Å². The summed E-state index contributed by atoms with van der Waals surface area (Å²) in [7, 11) is 0. The summed E-state index contributed by atoms with van der Waals surface area (Å²) in [5, 5.41) is 0. The topological polar surface area (TPSA) is 29.3 Å². The minimum absolute atomic E-state index is 0.175. The number of rotatable bonds is 6.